The third-order valence-electron chi connectivity index (χ3n) is 6.85. The van der Waals surface area contributed by atoms with Crippen LogP contribution in [-0.4, -0.2) is 4.75 Å². The maximum atomic E-state index is 5.03. The summed E-state index contributed by atoms with van der Waals surface area (Å²) >= 11 is 5.03. The molecule has 17 heavy (non-hydrogen) atoms. The second-order valence-electron chi connectivity index (χ2n) is 7.72. The van der Waals surface area contributed by atoms with Gasteiger partial charge in [0.1, 0.15) is 0 Å². The number of thiol groups is 1. The molecule has 3 aliphatic rings. The van der Waals surface area contributed by atoms with Gasteiger partial charge in [0.15, 0.2) is 0 Å². The minimum atomic E-state index is 0.297. The van der Waals surface area contributed by atoms with Crippen molar-refractivity contribution in [2.24, 2.45) is 29.1 Å². The van der Waals surface area contributed by atoms with Crippen molar-refractivity contribution in [3.8, 4) is 0 Å². The SMILES string of the molecule is CC1CCC2C(CCC3(C)C2CCC3(C)S)C1. The van der Waals surface area contributed by atoms with E-state index in [4.69, 9.17) is 12.6 Å². The van der Waals surface area contributed by atoms with Crippen LogP contribution in [0.15, 0.2) is 0 Å². The van der Waals surface area contributed by atoms with Crippen LogP contribution in [0.1, 0.15) is 65.7 Å². The van der Waals surface area contributed by atoms with E-state index in [0.29, 0.717) is 10.2 Å². The Bertz CT molecular complexity index is 309. The Hall–Kier alpha value is 0.350. The zero-order valence-corrected chi connectivity index (χ0v) is 12.6. The molecule has 0 spiro atoms. The van der Waals surface area contributed by atoms with Crippen molar-refractivity contribution in [1.82, 2.24) is 0 Å². The maximum Gasteiger partial charge on any atom is 0.0158 e. The second-order valence-corrected chi connectivity index (χ2v) is 8.70. The third kappa shape index (κ3) is 1.71. The van der Waals surface area contributed by atoms with E-state index in [9.17, 15) is 0 Å². The molecule has 0 aromatic carbocycles. The minimum absolute atomic E-state index is 0.297. The second kappa shape index (κ2) is 3.92. The molecule has 98 valence electrons. The Kier molecular flexibility index (Phi) is 2.86. The van der Waals surface area contributed by atoms with E-state index in [1.807, 2.05) is 0 Å². The molecule has 0 amide bonds. The van der Waals surface area contributed by atoms with Crippen molar-refractivity contribution in [2.75, 3.05) is 0 Å². The van der Waals surface area contributed by atoms with E-state index in [2.05, 4.69) is 20.8 Å². The van der Waals surface area contributed by atoms with Gasteiger partial charge >= 0.3 is 0 Å². The highest BCUT2D eigenvalue weighted by Gasteiger charge is 2.58. The first-order valence-corrected chi connectivity index (χ1v) is 8.11. The molecule has 1 heteroatoms. The van der Waals surface area contributed by atoms with E-state index >= 15 is 0 Å². The van der Waals surface area contributed by atoms with E-state index in [-0.39, 0.29) is 0 Å². The lowest BCUT2D eigenvalue weighted by Crippen LogP contribution is -2.47. The molecule has 3 saturated carbocycles. The summed E-state index contributed by atoms with van der Waals surface area (Å²) in [5.74, 6) is 4.07. The molecule has 0 heterocycles. The van der Waals surface area contributed by atoms with Gasteiger partial charge in [0.05, 0.1) is 0 Å². The quantitative estimate of drug-likeness (QED) is 0.580. The molecule has 0 aliphatic heterocycles. The Balaban J connectivity index is 1.85. The van der Waals surface area contributed by atoms with Gasteiger partial charge in [-0.1, -0.05) is 27.2 Å². The van der Waals surface area contributed by atoms with Crippen molar-refractivity contribution in [2.45, 2.75) is 70.5 Å². The van der Waals surface area contributed by atoms with Crippen LogP contribution in [0.25, 0.3) is 0 Å². The van der Waals surface area contributed by atoms with Crippen molar-refractivity contribution in [1.29, 1.82) is 0 Å². The summed E-state index contributed by atoms with van der Waals surface area (Å²) < 4.78 is 0.297. The monoisotopic (exact) mass is 252 g/mol. The van der Waals surface area contributed by atoms with Gasteiger partial charge in [0, 0.05) is 4.75 Å². The molecule has 6 atom stereocenters. The predicted molar refractivity (Wildman–Crippen MR) is 77.5 cm³/mol. The fourth-order valence-corrected chi connectivity index (χ4v) is 5.86. The van der Waals surface area contributed by atoms with Gasteiger partial charge in [-0.2, -0.15) is 12.6 Å². The van der Waals surface area contributed by atoms with Gasteiger partial charge in [-0.3, -0.25) is 0 Å². The van der Waals surface area contributed by atoms with E-state index in [1.54, 1.807) is 0 Å². The fraction of sp³-hybridized carbons (Fsp3) is 1.00. The summed E-state index contributed by atoms with van der Waals surface area (Å²) in [7, 11) is 0. The highest BCUT2D eigenvalue weighted by molar-refractivity contribution is 7.81. The normalized spacial score (nSPS) is 58.6. The van der Waals surface area contributed by atoms with Crippen LogP contribution in [0.2, 0.25) is 0 Å². The molecular weight excluding hydrogens is 224 g/mol. The lowest BCUT2D eigenvalue weighted by atomic mass is 9.54. The smallest absolute Gasteiger partial charge is 0.0158 e. The molecule has 0 N–H and O–H groups in total. The molecule has 0 saturated heterocycles. The number of hydrogen-bond donors (Lipinski definition) is 1. The number of hydrogen-bond acceptors (Lipinski definition) is 1. The Morgan fingerprint density at radius 2 is 1.76 bits per heavy atom. The van der Waals surface area contributed by atoms with Gasteiger partial charge in [0.25, 0.3) is 0 Å². The lowest BCUT2D eigenvalue weighted by Gasteiger charge is -2.53. The van der Waals surface area contributed by atoms with Gasteiger partial charge < -0.3 is 0 Å². The van der Waals surface area contributed by atoms with Crippen LogP contribution in [0.3, 0.4) is 0 Å². The van der Waals surface area contributed by atoms with E-state index in [0.717, 1.165) is 23.7 Å². The van der Waals surface area contributed by atoms with Crippen LogP contribution in [-0.2, 0) is 0 Å². The summed E-state index contributed by atoms with van der Waals surface area (Å²) in [6.07, 6.45) is 10.2. The first-order chi connectivity index (χ1) is 7.94. The third-order valence-corrected chi connectivity index (χ3v) is 7.58. The van der Waals surface area contributed by atoms with Crippen molar-refractivity contribution in [3.05, 3.63) is 0 Å². The molecule has 0 nitrogen and oxygen atoms in total. The first-order valence-electron chi connectivity index (χ1n) is 7.66. The van der Waals surface area contributed by atoms with Gasteiger partial charge in [-0.15, -0.1) is 0 Å². The molecule has 3 fully saturated rings. The van der Waals surface area contributed by atoms with E-state index in [1.165, 1.54) is 44.9 Å². The Morgan fingerprint density at radius 1 is 1.00 bits per heavy atom. The topological polar surface area (TPSA) is 0 Å². The summed E-state index contributed by atoms with van der Waals surface area (Å²) in [4.78, 5) is 0. The highest BCUT2D eigenvalue weighted by Crippen LogP contribution is 2.64. The summed E-state index contributed by atoms with van der Waals surface area (Å²) in [5, 5.41) is 0. The highest BCUT2D eigenvalue weighted by atomic mass is 32.1. The summed E-state index contributed by atoms with van der Waals surface area (Å²) in [5.41, 5.74) is 0.526. The van der Waals surface area contributed by atoms with Gasteiger partial charge in [-0.05, 0) is 67.6 Å². The van der Waals surface area contributed by atoms with Crippen molar-refractivity contribution < 1.29 is 0 Å². The van der Waals surface area contributed by atoms with Crippen LogP contribution >= 0.6 is 12.6 Å². The molecule has 3 aliphatic carbocycles. The molecule has 0 aromatic rings. The molecule has 0 bridgehead atoms. The van der Waals surface area contributed by atoms with Crippen molar-refractivity contribution in [3.63, 3.8) is 0 Å². The lowest BCUT2D eigenvalue weighted by molar-refractivity contribution is -0.00701. The average Bonchev–Trinajstić information content (AvgIpc) is 2.51. The maximum absolute atomic E-state index is 5.03. The first kappa shape index (κ1) is 12.4. The molecule has 0 radical (unpaired) electrons. The minimum Gasteiger partial charge on any atom is -0.172 e. The zero-order valence-electron chi connectivity index (χ0n) is 11.7. The standard InChI is InChI=1S/C16H28S/c1-11-4-5-13-12(10-11)6-8-15(2)14(13)7-9-16(15,3)17/h11-14,17H,4-10H2,1-3H3. The van der Waals surface area contributed by atoms with E-state index < -0.39 is 0 Å². The number of rotatable bonds is 0. The Morgan fingerprint density at radius 3 is 2.53 bits per heavy atom. The molecular formula is C16H28S. The van der Waals surface area contributed by atoms with Gasteiger partial charge in [0.2, 0.25) is 0 Å². The van der Waals surface area contributed by atoms with Gasteiger partial charge in [-0.25, -0.2) is 0 Å². The summed E-state index contributed by atoms with van der Waals surface area (Å²) in [6.45, 7) is 7.41. The zero-order chi connectivity index (χ0) is 12.3. The fourth-order valence-electron chi connectivity index (χ4n) is 5.45. The predicted octanol–water partition coefficient (Wildman–Crippen LogP) is 4.94. The summed E-state index contributed by atoms with van der Waals surface area (Å²) in [6, 6.07) is 0. The number of fused-ring (bicyclic) bond motifs is 3. The average molecular weight is 252 g/mol. The van der Waals surface area contributed by atoms with Crippen LogP contribution in [0.4, 0.5) is 0 Å². The largest absolute Gasteiger partial charge is 0.172 e. The van der Waals surface area contributed by atoms with Crippen LogP contribution < -0.4 is 0 Å². The van der Waals surface area contributed by atoms with Crippen molar-refractivity contribution >= 4 is 12.6 Å². The van der Waals surface area contributed by atoms with Crippen LogP contribution in [0, 0.1) is 29.1 Å². The Labute approximate surface area is 112 Å². The molecule has 6 unspecified atom stereocenters. The molecule has 3 rings (SSSR count). The molecule has 0 aromatic heterocycles. The van der Waals surface area contributed by atoms with Crippen LogP contribution in [0.5, 0.6) is 0 Å².